The van der Waals surface area contributed by atoms with Crippen LogP contribution in [0.15, 0.2) is 52.1 Å². The summed E-state index contributed by atoms with van der Waals surface area (Å²) in [5.41, 5.74) is 0.552. The van der Waals surface area contributed by atoms with Gasteiger partial charge in [-0.3, -0.25) is 9.59 Å². The van der Waals surface area contributed by atoms with Gasteiger partial charge in [-0.2, -0.15) is 0 Å². The zero-order valence-corrected chi connectivity index (χ0v) is 16.1. The third kappa shape index (κ3) is 3.23. The van der Waals surface area contributed by atoms with Crippen molar-refractivity contribution in [3.8, 4) is 0 Å². The third-order valence-electron chi connectivity index (χ3n) is 5.14. The van der Waals surface area contributed by atoms with Gasteiger partial charge in [-0.1, -0.05) is 29.8 Å². The Hall–Kier alpha value is -2.57. The maximum absolute atomic E-state index is 13.1. The van der Waals surface area contributed by atoms with Crippen LogP contribution in [0.4, 0.5) is 0 Å². The summed E-state index contributed by atoms with van der Waals surface area (Å²) in [5, 5.41) is 11.0. The lowest BCUT2D eigenvalue weighted by Crippen LogP contribution is -2.37. The number of Topliss-reactive ketones (excluding diaryl/α,β-unsaturated/α-hetero) is 1. The monoisotopic (exact) mass is 401 g/mol. The molecule has 6 nitrogen and oxygen atoms in total. The summed E-state index contributed by atoms with van der Waals surface area (Å²) in [7, 11) is 0. The molecule has 0 bridgehead atoms. The molecule has 28 heavy (non-hydrogen) atoms. The molecule has 0 radical (unpaired) electrons. The first-order valence-corrected chi connectivity index (χ1v) is 9.56. The van der Waals surface area contributed by atoms with E-state index < -0.39 is 23.5 Å². The molecule has 2 unspecified atom stereocenters. The molecular formula is C21H20ClNO5. The molecule has 1 amide bonds. The van der Waals surface area contributed by atoms with E-state index in [-0.39, 0.29) is 24.0 Å². The molecule has 1 aromatic carbocycles. The Labute approximate surface area is 167 Å². The van der Waals surface area contributed by atoms with Crippen LogP contribution in [-0.2, 0) is 9.53 Å². The zero-order valence-electron chi connectivity index (χ0n) is 15.4. The number of ether oxygens (including phenoxy) is 1. The molecule has 0 aliphatic carbocycles. The SMILES string of the molecule is Cc1ccc(C(=O)C2=C(O)C(=O)N(CC3CCCO3)C2c2ccccc2Cl)o1. The summed E-state index contributed by atoms with van der Waals surface area (Å²) >= 11 is 6.39. The van der Waals surface area contributed by atoms with Crippen molar-refractivity contribution in [2.24, 2.45) is 0 Å². The lowest BCUT2D eigenvalue weighted by molar-refractivity contribution is -0.131. The van der Waals surface area contributed by atoms with E-state index in [2.05, 4.69) is 0 Å². The number of halogens is 1. The number of rotatable bonds is 5. The van der Waals surface area contributed by atoms with Crippen LogP contribution in [-0.4, -0.2) is 41.0 Å². The van der Waals surface area contributed by atoms with Gasteiger partial charge >= 0.3 is 0 Å². The Bertz CT molecular complexity index is 957. The first-order valence-electron chi connectivity index (χ1n) is 9.18. The Morgan fingerprint density at radius 2 is 2.07 bits per heavy atom. The topological polar surface area (TPSA) is 80.0 Å². The smallest absolute Gasteiger partial charge is 0.290 e. The van der Waals surface area contributed by atoms with E-state index in [0.717, 1.165) is 12.8 Å². The van der Waals surface area contributed by atoms with E-state index in [1.807, 2.05) is 0 Å². The maximum Gasteiger partial charge on any atom is 0.290 e. The van der Waals surface area contributed by atoms with Gasteiger partial charge in [0.15, 0.2) is 11.5 Å². The molecule has 3 heterocycles. The van der Waals surface area contributed by atoms with E-state index in [9.17, 15) is 14.7 Å². The number of furan rings is 1. The quantitative estimate of drug-likeness (QED) is 0.766. The fourth-order valence-corrected chi connectivity index (χ4v) is 4.03. The number of hydrogen-bond donors (Lipinski definition) is 1. The number of carbonyl (C=O) groups is 2. The number of carbonyl (C=O) groups excluding carboxylic acids is 2. The van der Waals surface area contributed by atoms with Crippen LogP contribution in [0.5, 0.6) is 0 Å². The van der Waals surface area contributed by atoms with Gasteiger partial charge < -0.3 is 19.2 Å². The minimum Gasteiger partial charge on any atom is -0.503 e. The molecule has 4 rings (SSSR count). The Balaban J connectivity index is 1.78. The largest absolute Gasteiger partial charge is 0.503 e. The van der Waals surface area contributed by atoms with Crippen LogP contribution in [0.2, 0.25) is 5.02 Å². The van der Waals surface area contributed by atoms with Crippen LogP contribution in [0.1, 0.15) is 40.8 Å². The predicted molar refractivity (Wildman–Crippen MR) is 102 cm³/mol. The maximum atomic E-state index is 13.1. The summed E-state index contributed by atoms with van der Waals surface area (Å²) in [5.74, 6) is -1.06. The molecule has 1 saturated heterocycles. The van der Waals surface area contributed by atoms with Crippen molar-refractivity contribution in [2.45, 2.75) is 31.9 Å². The van der Waals surface area contributed by atoms with Crippen LogP contribution in [0.3, 0.4) is 0 Å². The van der Waals surface area contributed by atoms with E-state index >= 15 is 0 Å². The first kappa shape index (κ1) is 18.8. The second kappa shape index (κ2) is 7.45. The van der Waals surface area contributed by atoms with Gasteiger partial charge in [-0.25, -0.2) is 0 Å². The fourth-order valence-electron chi connectivity index (χ4n) is 3.79. The lowest BCUT2D eigenvalue weighted by Gasteiger charge is -2.29. The second-order valence-electron chi connectivity index (χ2n) is 7.02. The minimum absolute atomic E-state index is 0.0227. The highest BCUT2D eigenvalue weighted by Gasteiger charge is 2.46. The fraction of sp³-hybridized carbons (Fsp3) is 0.333. The van der Waals surface area contributed by atoms with Gasteiger partial charge in [0.1, 0.15) is 5.76 Å². The molecular weight excluding hydrogens is 382 g/mol. The number of nitrogens with zero attached hydrogens (tertiary/aromatic N) is 1. The summed E-state index contributed by atoms with van der Waals surface area (Å²) in [6, 6.07) is 9.40. The highest BCUT2D eigenvalue weighted by atomic mass is 35.5. The number of amides is 1. The molecule has 1 fully saturated rings. The van der Waals surface area contributed by atoms with E-state index in [0.29, 0.717) is 23.0 Å². The number of ketones is 1. The Morgan fingerprint density at radius 1 is 1.29 bits per heavy atom. The molecule has 2 atom stereocenters. The molecule has 146 valence electrons. The van der Waals surface area contributed by atoms with Crippen molar-refractivity contribution < 1.29 is 23.8 Å². The van der Waals surface area contributed by atoms with Crippen molar-refractivity contribution in [3.63, 3.8) is 0 Å². The molecule has 7 heteroatoms. The Kier molecular flexibility index (Phi) is 5.00. The normalized spacial score (nSPS) is 22.4. The number of aryl methyl sites for hydroxylation is 1. The highest BCUT2D eigenvalue weighted by Crippen LogP contribution is 2.42. The molecule has 1 aromatic heterocycles. The second-order valence-corrected chi connectivity index (χ2v) is 7.43. The molecule has 0 saturated carbocycles. The van der Waals surface area contributed by atoms with Crippen LogP contribution < -0.4 is 0 Å². The summed E-state index contributed by atoms with van der Waals surface area (Å²) in [4.78, 5) is 27.5. The average Bonchev–Trinajstić information content (AvgIpc) is 3.39. The van der Waals surface area contributed by atoms with E-state index in [4.69, 9.17) is 20.8 Å². The van der Waals surface area contributed by atoms with Crippen LogP contribution in [0.25, 0.3) is 0 Å². The minimum atomic E-state index is -0.802. The van der Waals surface area contributed by atoms with E-state index in [1.54, 1.807) is 37.3 Å². The number of benzene rings is 1. The van der Waals surface area contributed by atoms with Crippen molar-refractivity contribution in [2.75, 3.05) is 13.2 Å². The molecule has 2 aliphatic rings. The van der Waals surface area contributed by atoms with Gasteiger partial charge in [-0.05, 0) is 43.5 Å². The number of aliphatic hydroxyl groups excluding tert-OH is 1. The van der Waals surface area contributed by atoms with Crippen molar-refractivity contribution >= 4 is 23.3 Å². The molecule has 0 spiro atoms. The molecule has 1 N–H and O–H groups in total. The molecule has 2 aromatic rings. The zero-order chi connectivity index (χ0) is 19.8. The van der Waals surface area contributed by atoms with Gasteiger partial charge in [0.25, 0.3) is 5.91 Å². The van der Waals surface area contributed by atoms with Crippen molar-refractivity contribution in [1.29, 1.82) is 0 Å². The number of hydrogen-bond acceptors (Lipinski definition) is 5. The lowest BCUT2D eigenvalue weighted by atomic mass is 9.95. The van der Waals surface area contributed by atoms with Gasteiger partial charge in [0.2, 0.25) is 5.78 Å². The molecule has 2 aliphatic heterocycles. The predicted octanol–water partition coefficient (Wildman–Crippen LogP) is 4.00. The summed E-state index contributed by atoms with van der Waals surface area (Å²) in [6.45, 7) is 2.63. The standard InChI is InChI=1S/C21H20ClNO5/c1-12-8-9-16(28-12)19(24)17-18(14-6-2-3-7-15(14)22)23(21(26)20(17)25)11-13-5-4-10-27-13/h2-3,6-9,13,18,25H,4-5,10-11H2,1H3. The number of aliphatic hydroxyl groups is 1. The van der Waals surface area contributed by atoms with Crippen LogP contribution >= 0.6 is 11.6 Å². The Morgan fingerprint density at radius 3 is 2.71 bits per heavy atom. The first-order chi connectivity index (χ1) is 13.5. The summed E-state index contributed by atoms with van der Waals surface area (Å²) in [6.07, 6.45) is 1.60. The van der Waals surface area contributed by atoms with Crippen LogP contribution in [0, 0.1) is 6.92 Å². The van der Waals surface area contributed by atoms with Gasteiger partial charge in [-0.15, -0.1) is 0 Å². The average molecular weight is 402 g/mol. The summed E-state index contributed by atoms with van der Waals surface area (Å²) < 4.78 is 11.1. The van der Waals surface area contributed by atoms with Crippen molar-refractivity contribution in [3.05, 3.63) is 69.8 Å². The third-order valence-corrected chi connectivity index (χ3v) is 5.48. The highest BCUT2D eigenvalue weighted by molar-refractivity contribution is 6.31. The van der Waals surface area contributed by atoms with Gasteiger partial charge in [0.05, 0.1) is 17.7 Å². The van der Waals surface area contributed by atoms with Gasteiger partial charge in [0, 0.05) is 18.2 Å². The van der Waals surface area contributed by atoms with E-state index in [1.165, 1.54) is 11.0 Å². The van der Waals surface area contributed by atoms with Crippen molar-refractivity contribution in [1.82, 2.24) is 4.90 Å².